The molecule has 1 heterocycles. The van der Waals surface area contributed by atoms with Gasteiger partial charge in [0.25, 0.3) is 5.91 Å². The minimum atomic E-state index is -0.124. The van der Waals surface area contributed by atoms with Crippen molar-refractivity contribution < 1.29 is 15.0 Å². The van der Waals surface area contributed by atoms with Crippen molar-refractivity contribution >= 4 is 5.91 Å². The largest absolute Gasteiger partial charge is 0.508 e. The molecule has 3 aromatic carbocycles. The molecule has 4 aromatic rings. The van der Waals surface area contributed by atoms with Crippen LogP contribution < -0.4 is 0 Å². The number of phenols is 2. The molecule has 4 rings (SSSR count). The molecule has 27 heavy (non-hydrogen) atoms. The highest BCUT2D eigenvalue weighted by molar-refractivity contribution is 5.98. The van der Waals surface area contributed by atoms with Gasteiger partial charge in [-0.3, -0.25) is 9.36 Å². The van der Waals surface area contributed by atoms with Gasteiger partial charge in [0, 0.05) is 29.1 Å². The molecule has 2 N–H and O–H groups in total. The van der Waals surface area contributed by atoms with Gasteiger partial charge in [0.1, 0.15) is 11.5 Å². The SMILES string of the molecule is O=C(c1ccccc1)n1cc(-c2ccc(O)cc2)c(-c2ccc(O)cc2)c1. The summed E-state index contributed by atoms with van der Waals surface area (Å²) in [5, 5.41) is 19.2. The van der Waals surface area contributed by atoms with Crippen molar-refractivity contribution in [2.24, 2.45) is 0 Å². The second kappa shape index (κ2) is 6.84. The molecule has 4 heteroatoms. The number of aromatic hydroxyl groups is 2. The summed E-state index contributed by atoms with van der Waals surface area (Å²) in [4.78, 5) is 12.9. The van der Waals surface area contributed by atoms with Crippen LogP contribution in [0.3, 0.4) is 0 Å². The average molecular weight is 355 g/mol. The van der Waals surface area contributed by atoms with Crippen LogP contribution in [0, 0.1) is 0 Å². The van der Waals surface area contributed by atoms with Gasteiger partial charge in [-0.1, -0.05) is 42.5 Å². The van der Waals surface area contributed by atoms with Crippen LogP contribution in [0.15, 0.2) is 91.3 Å². The maximum absolute atomic E-state index is 12.9. The number of hydrogen-bond acceptors (Lipinski definition) is 3. The van der Waals surface area contributed by atoms with Crippen molar-refractivity contribution in [1.29, 1.82) is 0 Å². The first-order valence-corrected chi connectivity index (χ1v) is 8.52. The molecule has 132 valence electrons. The van der Waals surface area contributed by atoms with Gasteiger partial charge in [0.15, 0.2) is 0 Å². The summed E-state index contributed by atoms with van der Waals surface area (Å²) in [5.74, 6) is 0.245. The van der Waals surface area contributed by atoms with Gasteiger partial charge in [-0.2, -0.15) is 0 Å². The van der Waals surface area contributed by atoms with Gasteiger partial charge in [0.05, 0.1) is 0 Å². The molecule has 1 aromatic heterocycles. The zero-order chi connectivity index (χ0) is 18.8. The molecule has 0 aliphatic rings. The van der Waals surface area contributed by atoms with Gasteiger partial charge in [-0.05, 0) is 47.5 Å². The Hall–Kier alpha value is -3.79. The van der Waals surface area contributed by atoms with Gasteiger partial charge < -0.3 is 10.2 Å². The first-order chi connectivity index (χ1) is 13.1. The zero-order valence-electron chi connectivity index (χ0n) is 14.4. The molecule has 0 atom stereocenters. The Morgan fingerprint density at radius 2 is 1.07 bits per heavy atom. The first-order valence-electron chi connectivity index (χ1n) is 8.52. The highest BCUT2D eigenvalue weighted by Crippen LogP contribution is 2.34. The number of rotatable bonds is 3. The monoisotopic (exact) mass is 355 g/mol. The van der Waals surface area contributed by atoms with E-state index in [1.165, 1.54) is 0 Å². The first kappa shape index (κ1) is 16.7. The Bertz CT molecular complexity index is 1020. The van der Waals surface area contributed by atoms with Crippen molar-refractivity contribution in [1.82, 2.24) is 4.57 Å². The van der Waals surface area contributed by atoms with Crippen LogP contribution in [0.4, 0.5) is 0 Å². The minimum absolute atomic E-state index is 0.124. The second-order valence-electron chi connectivity index (χ2n) is 6.26. The molecule has 0 aliphatic heterocycles. The molecule has 0 amide bonds. The summed E-state index contributed by atoms with van der Waals surface area (Å²) < 4.78 is 1.57. The summed E-state index contributed by atoms with van der Waals surface area (Å²) in [6.45, 7) is 0. The van der Waals surface area contributed by atoms with E-state index in [-0.39, 0.29) is 17.4 Å². The lowest BCUT2D eigenvalue weighted by Crippen LogP contribution is -2.09. The number of phenolic OH excluding ortho intramolecular Hbond substituents is 2. The Balaban J connectivity index is 1.85. The van der Waals surface area contributed by atoms with Crippen molar-refractivity contribution in [2.75, 3.05) is 0 Å². The van der Waals surface area contributed by atoms with Crippen LogP contribution in [-0.2, 0) is 0 Å². The normalized spacial score (nSPS) is 10.7. The lowest BCUT2D eigenvalue weighted by atomic mass is 9.99. The van der Waals surface area contributed by atoms with Crippen LogP contribution in [0.25, 0.3) is 22.3 Å². The minimum Gasteiger partial charge on any atom is -0.508 e. The molecule has 4 nitrogen and oxygen atoms in total. The van der Waals surface area contributed by atoms with Gasteiger partial charge in [-0.15, -0.1) is 0 Å². The summed E-state index contributed by atoms with van der Waals surface area (Å²) in [7, 11) is 0. The molecule has 0 radical (unpaired) electrons. The predicted molar refractivity (Wildman–Crippen MR) is 105 cm³/mol. The lowest BCUT2D eigenvalue weighted by Gasteiger charge is -2.05. The Labute approximate surface area is 156 Å². The molecule has 0 saturated heterocycles. The Morgan fingerprint density at radius 1 is 0.630 bits per heavy atom. The Morgan fingerprint density at radius 3 is 1.52 bits per heavy atom. The molecule has 0 aliphatic carbocycles. The van der Waals surface area contributed by atoms with Crippen LogP contribution in [0.5, 0.6) is 11.5 Å². The summed E-state index contributed by atoms with van der Waals surface area (Å²) in [6.07, 6.45) is 3.59. The fraction of sp³-hybridized carbons (Fsp3) is 0. The molecule has 0 bridgehead atoms. The van der Waals surface area contributed by atoms with Crippen molar-refractivity contribution in [3.8, 4) is 33.8 Å². The summed E-state index contributed by atoms with van der Waals surface area (Å²) >= 11 is 0. The van der Waals surface area contributed by atoms with Crippen molar-refractivity contribution in [3.63, 3.8) is 0 Å². The molecule has 0 saturated carbocycles. The van der Waals surface area contributed by atoms with Crippen LogP contribution in [0.1, 0.15) is 10.4 Å². The third kappa shape index (κ3) is 3.33. The average Bonchev–Trinajstić information content (AvgIpc) is 3.14. The van der Waals surface area contributed by atoms with Crippen molar-refractivity contribution in [2.45, 2.75) is 0 Å². The van der Waals surface area contributed by atoms with E-state index in [1.807, 2.05) is 42.5 Å². The van der Waals surface area contributed by atoms with Gasteiger partial charge in [0.2, 0.25) is 0 Å². The maximum atomic E-state index is 12.9. The van der Waals surface area contributed by atoms with Crippen molar-refractivity contribution in [3.05, 3.63) is 96.8 Å². The second-order valence-corrected chi connectivity index (χ2v) is 6.26. The van der Waals surface area contributed by atoms with Gasteiger partial charge in [-0.25, -0.2) is 0 Å². The van der Waals surface area contributed by atoms with E-state index in [0.717, 1.165) is 22.3 Å². The predicted octanol–water partition coefficient (Wildman–Crippen LogP) is 4.92. The summed E-state index contributed by atoms with van der Waals surface area (Å²) in [6, 6.07) is 22.8. The van der Waals surface area contributed by atoms with Crippen LogP contribution in [0.2, 0.25) is 0 Å². The molecule has 0 fully saturated rings. The molecular weight excluding hydrogens is 338 g/mol. The smallest absolute Gasteiger partial charge is 0.261 e. The zero-order valence-corrected chi connectivity index (χ0v) is 14.4. The number of aromatic nitrogens is 1. The maximum Gasteiger partial charge on any atom is 0.261 e. The standard InChI is InChI=1S/C23H17NO3/c25-19-10-6-16(7-11-19)21-14-24(23(27)18-4-2-1-3-5-18)15-22(21)17-8-12-20(26)13-9-17/h1-15,25-26H. The number of carbonyl (C=O) groups excluding carboxylic acids is 1. The lowest BCUT2D eigenvalue weighted by molar-refractivity contribution is 0.0960. The molecule has 0 unspecified atom stereocenters. The molecule has 0 spiro atoms. The number of nitrogens with zero attached hydrogens (tertiary/aromatic N) is 1. The van der Waals surface area contributed by atoms with E-state index in [0.29, 0.717) is 5.56 Å². The highest BCUT2D eigenvalue weighted by atomic mass is 16.3. The fourth-order valence-corrected chi connectivity index (χ4v) is 3.04. The highest BCUT2D eigenvalue weighted by Gasteiger charge is 2.16. The van der Waals surface area contributed by atoms with Gasteiger partial charge >= 0.3 is 0 Å². The van der Waals surface area contributed by atoms with E-state index >= 15 is 0 Å². The summed E-state index contributed by atoms with van der Waals surface area (Å²) in [5.41, 5.74) is 4.10. The van der Waals surface area contributed by atoms with E-state index < -0.39 is 0 Å². The topological polar surface area (TPSA) is 62.5 Å². The van der Waals surface area contributed by atoms with E-state index in [1.54, 1.807) is 53.4 Å². The number of carbonyl (C=O) groups is 1. The van der Waals surface area contributed by atoms with E-state index in [9.17, 15) is 15.0 Å². The third-order valence-corrected chi connectivity index (χ3v) is 4.44. The molecular formula is C23H17NO3. The third-order valence-electron chi connectivity index (χ3n) is 4.44. The number of hydrogen-bond donors (Lipinski definition) is 2. The quantitative estimate of drug-likeness (QED) is 0.548. The fourth-order valence-electron chi connectivity index (χ4n) is 3.04. The van der Waals surface area contributed by atoms with Crippen LogP contribution >= 0.6 is 0 Å². The van der Waals surface area contributed by atoms with Crippen LogP contribution in [-0.4, -0.2) is 20.7 Å². The van der Waals surface area contributed by atoms with E-state index in [4.69, 9.17) is 0 Å². The number of benzene rings is 3. The van der Waals surface area contributed by atoms with E-state index in [2.05, 4.69) is 0 Å². The Kier molecular flexibility index (Phi) is 4.22.